The predicted molar refractivity (Wildman–Crippen MR) is 109 cm³/mol. The van der Waals surface area contributed by atoms with Crippen LogP contribution in [0.3, 0.4) is 0 Å². The Morgan fingerprint density at radius 3 is 2.04 bits per heavy atom. The lowest BCUT2D eigenvalue weighted by Gasteiger charge is -2.11. The summed E-state index contributed by atoms with van der Waals surface area (Å²) in [6, 6.07) is 25.9. The summed E-state index contributed by atoms with van der Waals surface area (Å²) in [6.07, 6.45) is 0. The molecule has 120 valence electrons. The Kier molecular flexibility index (Phi) is 4.88. The lowest BCUT2D eigenvalue weighted by atomic mass is 10.2. The van der Waals surface area contributed by atoms with E-state index < -0.39 is 0 Å². The summed E-state index contributed by atoms with van der Waals surface area (Å²) < 4.78 is 1.58. The van der Waals surface area contributed by atoms with Crippen LogP contribution in [0.5, 0.6) is 0 Å². The maximum Gasteiger partial charge on any atom is 0.0846 e. The van der Waals surface area contributed by atoms with Crippen molar-refractivity contribution in [3.8, 4) is 0 Å². The molecule has 3 aromatic carbocycles. The highest BCUT2D eigenvalue weighted by Crippen LogP contribution is 2.56. The van der Waals surface area contributed by atoms with Gasteiger partial charge in [0.15, 0.2) is 0 Å². The molecule has 1 nitrogen and oxygen atoms in total. The highest BCUT2D eigenvalue weighted by Gasteiger charge is 2.23. The summed E-state index contributed by atoms with van der Waals surface area (Å²) in [5.74, 6) is 0. The third kappa shape index (κ3) is 3.66. The number of hydrogen-bond donors (Lipinski definition) is 1. The van der Waals surface area contributed by atoms with Gasteiger partial charge in [-0.05, 0) is 47.5 Å². The van der Waals surface area contributed by atoms with Gasteiger partial charge < -0.3 is 5.32 Å². The smallest absolute Gasteiger partial charge is 0.0846 e. The minimum Gasteiger partial charge on any atom is -0.381 e. The molecular formula is C20H16BrNS2. The molecule has 0 spiro atoms. The quantitative estimate of drug-likeness (QED) is 0.496. The van der Waals surface area contributed by atoms with E-state index >= 15 is 0 Å². The molecule has 0 saturated carbocycles. The second kappa shape index (κ2) is 7.26. The van der Waals surface area contributed by atoms with E-state index in [1.165, 1.54) is 20.9 Å². The van der Waals surface area contributed by atoms with Crippen LogP contribution in [0.15, 0.2) is 87.1 Å². The molecule has 0 radical (unpaired) electrons. The summed E-state index contributed by atoms with van der Waals surface area (Å²) in [5, 5.41) is 3.49. The van der Waals surface area contributed by atoms with E-state index in [1.54, 1.807) is 0 Å². The second-order valence-corrected chi connectivity index (χ2v) is 9.12. The van der Waals surface area contributed by atoms with Crippen LogP contribution in [-0.4, -0.2) is 0 Å². The van der Waals surface area contributed by atoms with Crippen LogP contribution in [0.1, 0.15) is 15.7 Å². The molecule has 4 rings (SSSR count). The van der Waals surface area contributed by atoms with E-state index in [0.29, 0.717) is 4.58 Å². The molecule has 0 fully saturated rings. The number of hydrogen-bond acceptors (Lipinski definition) is 3. The van der Waals surface area contributed by atoms with Crippen LogP contribution in [0.2, 0.25) is 0 Å². The summed E-state index contributed by atoms with van der Waals surface area (Å²) in [4.78, 5) is 2.79. The molecule has 0 amide bonds. The molecule has 4 heteroatoms. The number of halogens is 1. The molecule has 0 aliphatic carbocycles. The van der Waals surface area contributed by atoms with Gasteiger partial charge in [0.05, 0.1) is 4.58 Å². The molecule has 0 bridgehead atoms. The zero-order chi connectivity index (χ0) is 16.4. The summed E-state index contributed by atoms with van der Waals surface area (Å²) in [7, 11) is 0. The number of anilines is 1. The Hall–Kier alpha value is -1.36. The van der Waals surface area contributed by atoms with Crippen molar-refractivity contribution in [3.05, 3.63) is 88.4 Å². The van der Waals surface area contributed by atoms with Crippen LogP contribution < -0.4 is 5.32 Å². The molecule has 0 saturated heterocycles. The van der Waals surface area contributed by atoms with Crippen LogP contribution in [0.4, 0.5) is 5.69 Å². The fourth-order valence-corrected chi connectivity index (χ4v) is 5.70. The highest BCUT2D eigenvalue weighted by atomic mass is 79.9. The highest BCUT2D eigenvalue weighted by molar-refractivity contribution is 9.10. The van der Waals surface area contributed by atoms with E-state index in [-0.39, 0.29) is 0 Å². The van der Waals surface area contributed by atoms with E-state index in [9.17, 15) is 0 Å². The SMILES string of the molecule is Brc1ccc(CNc2ccc(C3Sc4ccccc4S3)cc2)cc1. The Bertz CT molecular complexity index is 806. The maximum atomic E-state index is 3.49. The predicted octanol–water partition coefficient (Wildman–Crippen LogP) is 6.96. The fraction of sp³-hybridized carbons (Fsp3) is 0.100. The first-order chi connectivity index (χ1) is 11.8. The minimum absolute atomic E-state index is 0.461. The van der Waals surface area contributed by atoms with Gasteiger partial charge in [-0.2, -0.15) is 0 Å². The van der Waals surface area contributed by atoms with E-state index in [0.717, 1.165) is 16.7 Å². The van der Waals surface area contributed by atoms with Crippen LogP contribution in [0.25, 0.3) is 0 Å². The maximum absolute atomic E-state index is 3.49. The molecule has 1 N–H and O–H groups in total. The summed E-state index contributed by atoms with van der Waals surface area (Å²) >= 11 is 7.36. The van der Waals surface area contributed by atoms with Gasteiger partial charge >= 0.3 is 0 Å². The first-order valence-electron chi connectivity index (χ1n) is 7.78. The molecule has 3 aromatic rings. The van der Waals surface area contributed by atoms with Crippen molar-refractivity contribution in [3.63, 3.8) is 0 Å². The lowest BCUT2D eigenvalue weighted by molar-refractivity contribution is 1.15. The number of benzene rings is 3. The van der Waals surface area contributed by atoms with Gasteiger partial charge in [-0.1, -0.05) is 52.3 Å². The first-order valence-corrected chi connectivity index (χ1v) is 10.3. The second-order valence-electron chi connectivity index (χ2n) is 5.62. The molecule has 24 heavy (non-hydrogen) atoms. The minimum atomic E-state index is 0.461. The van der Waals surface area contributed by atoms with Crippen molar-refractivity contribution in [1.29, 1.82) is 0 Å². The largest absolute Gasteiger partial charge is 0.381 e. The molecule has 1 heterocycles. The Morgan fingerprint density at radius 1 is 0.792 bits per heavy atom. The molecule has 1 aliphatic rings. The number of thioether (sulfide) groups is 2. The monoisotopic (exact) mass is 413 g/mol. The number of nitrogens with one attached hydrogen (secondary N) is 1. The van der Waals surface area contributed by atoms with Crippen molar-refractivity contribution >= 4 is 45.1 Å². The van der Waals surface area contributed by atoms with Gasteiger partial charge in [0.1, 0.15) is 0 Å². The summed E-state index contributed by atoms with van der Waals surface area (Å²) in [5.41, 5.74) is 3.81. The standard InChI is InChI=1S/C20H16BrNS2/c21-16-9-5-14(6-10-16)13-22-17-11-7-15(8-12-17)20-23-18-3-1-2-4-19(18)24-20/h1-12,20,22H,13H2. The zero-order valence-corrected chi connectivity index (χ0v) is 16.1. The van der Waals surface area contributed by atoms with Crippen LogP contribution in [-0.2, 0) is 6.54 Å². The Labute approximate surface area is 159 Å². The van der Waals surface area contributed by atoms with Crippen molar-refractivity contribution in [2.45, 2.75) is 20.9 Å². The van der Waals surface area contributed by atoms with E-state index in [1.807, 2.05) is 23.5 Å². The van der Waals surface area contributed by atoms with Crippen molar-refractivity contribution in [2.75, 3.05) is 5.32 Å². The number of fused-ring (bicyclic) bond motifs is 1. The van der Waals surface area contributed by atoms with Gasteiger partial charge in [-0.25, -0.2) is 0 Å². The first kappa shape index (κ1) is 16.1. The van der Waals surface area contributed by atoms with Gasteiger partial charge in [-0.3, -0.25) is 0 Å². The molecule has 1 aliphatic heterocycles. The average molecular weight is 414 g/mol. The molecular weight excluding hydrogens is 398 g/mol. The third-order valence-electron chi connectivity index (χ3n) is 3.91. The van der Waals surface area contributed by atoms with E-state index in [4.69, 9.17) is 0 Å². The average Bonchev–Trinajstić information content (AvgIpc) is 3.06. The topological polar surface area (TPSA) is 12.0 Å². The van der Waals surface area contributed by atoms with Gasteiger partial charge in [0, 0.05) is 26.5 Å². The van der Waals surface area contributed by atoms with Crippen LogP contribution in [0, 0.1) is 0 Å². The van der Waals surface area contributed by atoms with Crippen molar-refractivity contribution < 1.29 is 0 Å². The Morgan fingerprint density at radius 2 is 1.42 bits per heavy atom. The molecule has 0 aromatic heterocycles. The lowest BCUT2D eigenvalue weighted by Crippen LogP contribution is -1.99. The molecule has 0 unspecified atom stereocenters. The Balaban J connectivity index is 1.39. The fourth-order valence-electron chi connectivity index (χ4n) is 2.60. The van der Waals surface area contributed by atoms with Gasteiger partial charge in [0.2, 0.25) is 0 Å². The third-order valence-corrected chi connectivity index (χ3v) is 7.34. The van der Waals surface area contributed by atoms with Crippen LogP contribution >= 0.6 is 39.5 Å². The van der Waals surface area contributed by atoms with Gasteiger partial charge in [-0.15, -0.1) is 23.5 Å². The normalized spacial score (nSPS) is 13.7. The molecule has 0 atom stereocenters. The van der Waals surface area contributed by atoms with Crippen molar-refractivity contribution in [2.24, 2.45) is 0 Å². The van der Waals surface area contributed by atoms with E-state index in [2.05, 4.69) is 94.0 Å². The van der Waals surface area contributed by atoms with Crippen molar-refractivity contribution in [1.82, 2.24) is 0 Å². The number of rotatable bonds is 4. The van der Waals surface area contributed by atoms with Gasteiger partial charge in [0.25, 0.3) is 0 Å². The zero-order valence-electron chi connectivity index (χ0n) is 12.9. The summed E-state index contributed by atoms with van der Waals surface area (Å²) in [6.45, 7) is 0.838.